The van der Waals surface area contributed by atoms with Gasteiger partial charge in [0.25, 0.3) is 0 Å². The van der Waals surface area contributed by atoms with Gasteiger partial charge in [-0.15, -0.1) is 0 Å². The predicted octanol–water partition coefficient (Wildman–Crippen LogP) is 0.890. The second-order valence-electron chi connectivity index (χ2n) is 3.30. The molecule has 2 bridgehead atoms. The summed E-state index contributed by atoms with van der Waals surface area (Å²) in [4.78, 5) is 13.4. The third kappa shape index (κ3) is 1.22. The van der Waals surface area contributed by atoms with Gasteiger partial charge in [-0.1, -0.05) is 0 Å². The average molecular weight is 153 g/mol. The highest BCUT2D eigenvalue weighted by molar-refractivity contribution is 5.32. The number of ether oxygens (including phenoxy) is 1. The number of aliphatic imine (C=N–C) groups is 1. The first-order valence-corrected chi connectivity index (χ1v) is 4.09. The largest absolute Gasteiger partial charge is 0.375 e. The van der Waals surface area contributed by atoms with E-state index in [4.69, 9.17) is 4.74 Å². The van der Waals surface area contributed by atoms with Crippen LogP contribution in [0.1, 0.15) is 19.3 Å². The Morgan fingerprint density at radius 1 is 1.55 bits per heavy atom. The molecule has 0 aromatic carbocycles. The summed E-state index contributed by atoms with van der Waals surface area (Å²) < 4.78 is 5.59. The first-order chi connectivity index (χ1) is 5.40. The molecule has 2 aliphatic rings. The molecule has 3 unspecified atom stereocenters. The van der Waals surface area contributed by atoms with Crippen molar-refractivity contribution >= 4 is 6.08 Å². The van der Waals surface area contributed by atoms with E-state index >= 15 is 0 Å². The minimum atomic E-state index is 0.386. The minimum Gasteiger partial charge on any atom is -0.375 e. The number of carbonyl (C=O) groups excluding carboxylic acids is 1. The van der Waals surface area contributed by atoms with E-state index < -0.39 is 0 Å². The van der Waals surface area contributed by atoms with Crippen LogP contribution >= 0.6 is 0 Å². The lowest BCUT2D eigenvalue weighted by Gasteiger charge is -2.14. The first-order valence-electron chi connectivity index (χ1n) is 4.09. The summed E-state index contributed by atoms with van der Waals surface area (Å²) in [5.41, 5.74) is 0. The van der Waals surface area contributed by atoms with Crippen LogP contribution < -0.4 is 0 Å². The van der Waals surface area contributed by atoms with Crippen LogP contribution in [-0.2, 0) is 9.53 Å². The average Bonchev–Trinajstić information content (AvgIpc) is 2.60. The molecule has 0 aromatic rings. The molecule has 0 spiro atoms. The zero-order valence-electron chi connectivity index (χ0n) is 6.32. The Kier molecular flexibility index (Phi) is 1.76. The lowest BCUT2D eigenvalue weighted by molar-refractivity contribution is 0.0937. The molecule has 0 amide bonds. The van der Waals surface area contributed by atoms with Gasteiger partial charge in [0.05, 0.1) is 18.8 Å². The fourth-order valence-electron chi connectivity index (χ4n) is 2.09. The highest BCUT2D eigenvalue weighted by atomic mass is 16.5. The maximum atomic E-state index is 9.84. The van der Waals surface area contributed by atoms with E-state index in [1.54, 1.807) is 6.08 Å². The van der Waals surface area contributed by atoms with E-state index in [-0.39, 0.29) is 0 Å². The van der Waals surface area contributed by atoms with Crippen LogP contribution in [0.25, 0.3) is 0 Å². The monoisotopic (exact) mass is 153 g/mol. The SMILES string of the molecule is O=C=NCC1CC2CCC1O2. The topological polar surface area (TPSA) is 38.7 Å². The molecule has 2 saturated heterocycles. The van der Waals surface area contributed by atoms with Gasteiger partial charge in [0.15, 0.2) is 0 Å². The fourth-order valence-corrected chi connectivity index (χ4v) is 2.09. The van der Waals surface area contributed by atoms with Gasteiger partial charge < -0.3 is 4.74 Å². The maximum absolute atomic E-state index is 9.84. The van der Waals surface area contributed by atoms with Crippen LogP contribution in [0.5, 0.6) is 0 Å². The number of isocyanates is 1. The summed E-state index contributed by atoms with van der Waals surface area (Å²) in [6.07, 6.45) is 5.87. The molecular formula is C8H11NO2. The highest BCUT2D eigenvalue weighted by Crippen LogP contribution is 2.38. The zero-order valence-corrected chi connectivity index (χ0v) is 6.32. The van der Waals surface area contributed by atoms with Gasteiger partial charge in [-0.05, 0) is 19.3 Å². The maximum Gasteiger partial charge on any atom is 0.234 e. The van der Waals surface area contributed by atoms with E-state index in [0.717, 1.165) is 12.8 Å². The number of fused-ring (bicyclic) bond motifs is 2. The second kappa shape index (κ2) is 2.76. The number of rotatable bonds is 2. The smallest absolute Gasteiger partial charge is 0.234 e. The second-order valence-corrected chi connectivity index (χ2v) is 3.30. The molecular weight excluding hydrogens is 142 g/mol. The van der Waals surface area contributed by atoms with Crippen LogP contribution in [0.15, 0.2) is 4.99 Å². The Morgan fingerprint density at radius 2 is 2.45 bits per heavy atom. The molecule has 0 aliphatic carbocycles. The van der Waals surface area contributed by atoms with Gasteiger partial charge in [-0.2, -0.15) is 0 Å². The summed E-state index contributed by atoms with van der Waals surface area (Å²) in [6, 6.07) is 0. The fraction of sp³-hybridized carbons (Fsp3) is 0.875. The van der Waals surface area contributed by atoms with Crippen LogP contribution in [0.4, 0.5) is 0 Å². The number of nitrogens with zero attached hydrogens (tertiary/aromatic N) is 1. The molecule has 60 valence electrons. The first kappa shape index (κ1) is 7.01. The predicted molar refractivity (Wildman–Crippen MR) is 39.0 cm³/mol. The van der Waals surface area contributed by atoms with Gasteiger partial charge in [0.1, 0.15) is 0 Å². The molecule has 2 rings (SSSR count). The van der Waals surface area contributed by atoms with Gasteiger partial charge in [0, 0.05) is 5.92 Å². The van der Waals surface area contributed by atoms with Crippen LogP contribution in [0, 0.1) is 5.92 Å². The Morgan fingerprint density at radius 3 is 3.00 bits per heavy atom. The number of hydrogen-bond donors (Lipinski definition) is 0. The minimum absolute atomic E-state index is 0.386. The normalized spacial score (nSPS) is 40.5. The Hall–Kier alpha value is -0.660. The Labute approximate surface area is 65.5 Å². The lowest BCUT2D eigenvalue weighted by Crippen LogP contribution is -2.18. The molecule has 2 heterocycles. The van der Waals surface area contributed by atoms with Gasteiger partial charge >= 0.3 is 0 Å². The van der Waals surface area contributed by atoms with Crippen molar-refractivity contribution in [3.63, 3.8) is 0 Å². The number of hydrogen-bond acceptors (Lipinski definition) is 3. The summed E-state index contributed by atoms with van der Waals surface area (Å²) in [5, 5.41) is 0. The van der Waals surface area contributed by atoms with Gasteiger partial charge in [0.2, 0.25) is 6.08 Å². The van der Waals surface area contributed by atoms with E-state index in [2.05, 4.69) is 4.99 Å². The van der Waals surface area contributed by atoms with Crippen molar-refractivity contribution in [1.82, 2.24) is 0 Å². The van der Waals surface area contributed by atoms with Gasteiger partial charge in [-0.25, -0.2) is 9.79 Å². The van der Waals surface area contributed by atoms with E-state index in [0.29, 0.717) is 24.7 Å². The van der Waals surface area contributed by atoms with Crippen molar-refractivity contribution in [2.24, 2.45) is 10.9 Å². The molecule has 11 heavy (non-hydrogen) atoms. The molecule has 3 atom stereocenters. The molecule has 2 aliphatic heterocycles. The van der Waals surface area contributed by atoms with Crippen molar-refractivity contribution in [3.8, 4) is 0 Å². The molecule has 0 N–H and O–H groups in total. The van der Waals surface area contributed by atoms with Crippen molar-refractivity contribution in [2.75, 3.05) is 6.54 Å². The third-order valence-corrected chi connectivity index (χ3v) is 2.62. The molecule has 0 saturated carbocycles. The zero-order chi connectivity index (χ0) is 7.68. The van der Waals surface area contributed by atoms with Crippen LogP contribution in [-0.4, -0.2) is 24.8 Å². The van der Waals surface area contributed by atoms with Crippen LogP contribution in [0.2, 0.25) is 0 Å². The quantitative estimate of drug-likeness (QED) is 0.436. The van der Waals surface area contributed by atoms with Crippen molar-refractivity contribution in [3.05, 3.63) is 0 Å². The van der Waals surface area contributed by atoms with Gasteiger partial charge in [-0.3, -0.25) is 0 Å². The molecule has 2 fully saturated rings. The Balaban J connectivity index is 1.92. The van der Waals surface area contributed by atoms with E-state index in [9.17, 15) is 4.79 Å². The van der Waals surface area contributed by atoms with Crippen molar-refractivity contribution < 1.29 is 9.53 Å². The standard InChI is InChI=1S/C8H11NO2/c10-5-9-4-6-3-7-1-2-8(6)11-7/h6-8H,1-4H2. The lowest BCUT2D eigenvalue weighted by atomic mass is 9.89. The summed E-state index contributed by atoms with van der Waals surface area (Å²) in [6.45, 7) is 0.616. The summed E-state index contributed by atoms with van der Waals surface area (Å²) in [5.74, 6) is 0.496. The Bertz CT molecular complexity index is 198. The van der Waals surface area contributed by atoms with E-state index in [1.807, 2.05) is 0 Å². The molecule has 0 aromatic heterocycles. The van der Waals surface area contributed by atoms with Crippen molar-refractivity contribution in [1.29, 1.82) is 0 Å². The van der Waals surface area contributed by atoms with Crippen LogP contribution in [0.3, 0.4) is 0 Å². The molecule has 0 radical (unpaired) electrons. The molecule has 3 nitrogen and oxygen atoms in total. The molecule has 3 heteroatoms. The third-order valence-electron chi connectivity index (χ3n) is 2.62. The van der Waals surface area contributed by atoms with Crippen molar-refractivity contribution in [2.45, 2.75) is 31.5 Å². The van der Waals surface area contributed by atoms with E-state index in [1.165, 1.54) is 6.42 Å². The highest BCUT2D eigenvalue weighted by Gasteiger charge is 2.40. The summed E-state index contributed by atoms with van der Waals surface area (Å²) >= 11 is 0. The summed E-state index contributed by atoms with van der Waals surface area (Å²) in [7, 11) is 0.